The number of nitrogens with one attached hydrogen (secondary N) is 2. The molecule has 1 aromatic carbocycles. The molecule has 1 atom stereocenters. The highest BCUT2D eigenvalue weighted by molar-refractivity contribution is 7.88. The predicted molar refractivity (Wildman–Crippen MR) is 90.8 cm³/mol. The molecule has 1 fully saturated rings. The number of piperidine rings is 1. The summed E-state index contributed by atoms with van der Waals surface area (Å²) in [7, 11) is -1.71. The Kier molecular flexibility index (Phi) is 5.95. The van der Waals surface area contributed by atoms with Gasteiger partial charge in [-0.05, 0) is 30.5 Å². The van der Waals surface area contributed by atoms with Gasteiger partial charge in [0, 0.05) is 32.2 Å². The maximum Gasteiger partial charge on any atom is 0.251 e. The Bertz CT molecular complexity index is 718. The van der Waals surface area contributed by atoms with Crippen molar-refractivity contribution < 1.29 is 18.0 Å². The van der Waals surface area contributed by atoms with Gasteiger partial charge in [-0.1, -0.05) is 12.1 Å². The number of amides is 2. The highest BCUT2D eigenvalue weighted by Crippen LogP contribution is 2.19. The lowest BCUT2D eigenvalue weighted by molar-refractivity contribution is -0.126. The first-order chi connectivity index (χ1) is 11.3. The topological polar surface area (TPSA) is 95.6 Å². The van der Waals surface area contributed by atoms with Gasteiger partial charge in [0.25, 0.3) is 5.91 Å². The summed E-state index contributed by atoms with van der Waals surface area (Å²) in [5, 5.41) is 5.39. The molecule has 2 rings (SSSR count). The third kappa shape index (κ3) is 4.78. The molecule has 0 saturated carbocycles. The minimum atomic E-state index is -3.27. The van der Waals surface area contributed by atoms with Crippen LogP contribution in [0.15, 0.2) is 24.3 Å². The zero-order chi connectivity index (χ0) is 17.7. The van der Waals surface area contributed by atoms with E-state index in [4.69, 9.17) is 0 Å². The number of carbonyl (C=O) groups excluding carboxylic acids is 2. The van der Waals surface area contributed by atoms with E-state index in [9.17, 15) is 18.0 Å². The Hall–Kier alpha value is -1.93. The second-order valence-electron chi connectivity index (χ2n) is 5.96. The molecule has 0 radical (unpaired) electrons. The average Bonchev–Trinajstić information content (AvgIpc) is 2.58. The Morgan fingerprint density at radius 1 is 1.33 bits per heavy atom. The van der Waals surface area contributed by atoms with E-state index in [1.54, 1.807) is 25.2 Å². The highest BCUT2D eigenvalue weighted by Gasteiger charge is 2.29. The largest absolute Gasteiger partial charge is 0.355 e. The first-order valence-corrected chi connectivity index (χ1v) is 9.70. The number of sulfonamides is 1. The van der Waals surface area contributed by atoms with E-state index in [0.717, 1.165) is 11.8 Å². The van der Waals surface area contributed by atoms with Gasteiger partial charge in [0.15, 0.2) is 0 Å². The van der Waals surface area contributed by atoms with Crippen LogP contribution in [0, 0.1) is 5.92 Å². The Balaban J connectivity index is 1.94. The summed E-state index contributed by atoms with van der Waals surface area (Å²) in [6.45, 7) is 0.999. The van der Waals surface area contributed by atoms with Gasteiger partial charge in [0.05, 0.1) is 12.2 Å². The molecule has 1 aromatic rings. The summed E-state index contributed by atoms with van der Waals surface area (Å²) in [6.07, 6.45) is 2.52. The highest BCUT2D eigenvalue weighted by atomic mass is 32.2. The third-order valence-electron chi connectivity index (χ3n) is 4.11. The number of carbonyl (C=O) groups is 2. The zero-order valence-electron chi connectivity index (χ0n) is 13.9. The lowest BCUT2D eigenvalue weighted by atomic mass is 9.98. The van der Waals surface area contributed by atoms with Crippen molar-refractivity contribution in [2.75, 3.05) is 26.4 Å². The molecule has 0 spiro atoms. The van der Waals surface area contributed by atoms with E-state index >= 15 is 0 Å². The fourth-order valence-electron chi connectivity index (χ4n) is 2.76. The molecular weight excluding hydrogens is 330 g/mol. The molecule has 132 valence electrons. The summed E-state index contributed by atoms with van der Waals surface area (Å²) in [4.78, 5) is 23.9. The SMILES string of the molecule is CNC(=O)c1cccc(CNC(=O)C2CCCN(S(C)(=O)=O)C2)c1. The number of hydrogen-bond donors (Lipinski definition) is 2. The number of hydrogen-bond acceptors (Lipinski definition) is 4. The van der Waals surface area contributed by atoms with Crippen LogP contribution < -0.4 is 10.6 Å². The lowest BCUT2D eigenvalue weighted by Gasteiger charge is -2.30. The normalized spacial score (nSPS) is 18.8. The van der Waals surface area contributed by atoms with Crippen LogP contribution >= 0.6 is 0 Å². The molecule has 1 aliphatic rings. The Labute approximate surface area is 142 Å². The van der Waals surface area contributed by atoms with Crippen LogP contribution in [-0.4, -0.2) is 50.9 Å². The molecule has 8 heteroatoms. The third-order valence-corrected chi connectivity index (χ3v) is 5.38. The maximum absolute atomic E-state index is 12.3. The smallest absolute Gasteiger partial charge is 0.251 e. The van der Waals surface area contributed by atoms with Gasteiger partial charge >= 0.3 is 0 Å². The van der Waals surface area contributed by atoms with Crippen LogP contribution in [0.4, 0.5) is 0 Å². The van der Waals surface area contributed by atoms with Gasteiger partial charge in [-0.2, -0.15) is 0 Å². The van der Waals surface area contributed by atoms with E-state index in [-0.39, 0.29) is 24.3 Å². The molecule has 1 saturated heterocycles. The van der Waals surface area contributed by atoms with Gasteiger partial charge in [-0.15, -0.1) is 0 Å². The summed E-state index contributed by atoms with van der Waals surface area (Å²) in [5.41, 5.74) is 1.35. The van der Waals surface area contributed by atoms with Crippen LogP contribution in [-0.2, 0) is 21.4 Å². The maximum atomic E-state index is 12.3. The predicted octanol–water partition coefficient (Wildman–Crippen LogP) is 0.334. The minimum absolute atomic E-state index is 0.159. The summed E-state index contributed by atoms with van der Waals surface area (Å²) in [5.74, 6) is -0.677. The molecule has 0 bridgehead atoms. The molecule has 1 heterocycles. The Morgan fingerprint density at radius 3 is 2.75 bits per heavy atom. The molecule has 7 nitrogen and oxygen atoms in total. The van der Waals surface area contributed by atoms with E-state index in [2.05, 4.69) is 10.6 Å². The number of nitrogens with zero attached hydrogens (tertiary/aromatic N) is 1. The van der Waals surface area contributed by atoms with Crippen LogP contribution in [0.1, 0.15) is 28.8 Å². The van der Waals surface area contributed by atoms with Gasteiger partial charge in [0.2, 0.25) is 15.9 Å². The van der Waals surface area contributed by atoms with Gasteiger partial charge in [0.1, 0.15) is 0 Å². The second kappa shape index (κ2) is 7.76. The van der Waals surface area contributed by atoms with Crippen molar-refractivity contribution in [3.8, 4) is 0 Å². The first kappa shape index (κ1) is 18.4. The molecule has 0 aliphatic carbocycles. The summed E-state index contributed by atoms with van der Waals surface area (Å²) < 4.78 is 24.6. The summed E-state index contributed by atoms with van der Waals surface area (Å²) in [6, 6.07) is 7.02. The molecule has 2 N–H and O–H groups in total. The average molecular weight is 353 g/mol. The standard InChI is InChI=1S/C16H23N3O4S/c1-17-15(20)13-6-3-5-12(9-13)10-18-16(21)14-7-4-8-19(11-14)24(2,22)23/h3,5-6,9,14H,4,7-8,10-11H2,1-2H3,(H,17,20)(H,18,21). The van der Waals surface area contributed by atoms with Crippen LogP contribution in [0.2, 0.25) is 0 Å². The molecular formula is C16H23N3O4S. The quantitative estimate of drug-likeness (QED) is 0.798. The van der Waals surface area contributed by atoms with E-state index in [0.29, 0.717) is 31.5 Å². The lowest BCUT2D eigenvalue weighted by Crippen LogP contribution is -2.44. The van der Waals surface area contributed by atoms with E-state index in [1.165, 1.54) is 4.31 Å². The molecule has 1 aliphatic heterocycles. The number of benzene rings is 1. The second-order valence-corrected chi connectivity index (χ2v) is 7.94. The van der Waals surface area contributed by atoms with Crippen molar-refractivity contribution in [2.24, 2.45) is 5.92 Å². The van der Waals surface area contributed by atoms with Gasteiger partial charge < -0.3 is 10.6 Å². The van der Waals surface area contributed by atoms with Crippen molar-refractivity contribution >= 4 is 21.8 Å². The molecule has 24 heavy (non-hydrogen) atoms. The van der Waals surface area contributed by atoms with Gasteiger partial charge in [-0.25, -0.2) is 12.7 Å². The van der Waals surface area contributed by atoms with Crippen molar-refractivity contribution in [2.45, 2.75) is 19.4 Å². The number of rotatable bonds is 5. The van der Waals surface area contributed by atoms with Crippen molar-refractivity contribution in [3.63, 3.8) is 0 Å². The Morgan fingerprint density at radius 2 is 2.08 bits per heavy atom. The van der Waals surface area contributed by atoms with E-state index < -0.39 is 10.0 Å². The fourth-order valence-corrected chi connectivity index (χ4v) is 3.67. The molecule has 1 unspecified atom stereocenters. The van der Waals surface area contributed by atoms with E-state index in [1.807, 2.05) is 6.07 Å². The van der Waals surface area contributed by atoms with Crippen molar-refractivity contribution in [1.82, 2.24) is 14.9 Å². The first-order valence-electron chi connectivity index (χ1n) is 7.85. The molecule has 2 amide bonds. The van der Waals surface area contributed by atoms with Crippen molar-refractivity contribution in [1.29, 1.82) is 0 Å². The molecule has 0 aromatic heterocycles. The zero-order valence-corrected chi connectivity index (χ0v) is 14.7. The van der Waals surface area contributed by atoms with Crippen LogP contribution in [0.25, 0.3) is 0 Å². The monoisotopic (exact) mass is 353 g/mol. The fraction of sp³-hybridized carbons (Fsp3) is 0.500. The van der Waals surface area contributed by atoms with Crippen LogP contribution in [0.3, 0.4) is 0 Å². The summed E-state index contributed by atoms with van der Waals surface area (Å²) >= 11 is 0. The van der Waals surface area contributed by atoms with Crippen LogP contribution in [0.5, 0.6) is 0 Å². The minimum Gasteiger partial charge on any atom is -0.355 e. The van der Waals surface area contributed by atoms with Crippen molar-refractivity contribution in [3.05, 3.63) is 35.4 Å². The van der Waals surface area contributed by atoms with Gasteiger partial charge in [-0.3, -0.25) is 9.59 Å².